The molecule has 0 aromatic heterocycles. The minimum Gasteiger partial charge on any atom is -0.0656 e. The van der Waals surface area contributed by atoms with Crippen LogP contribution in [0.25, 0.3) is 131 Å². The molecule has 0 bridgehead atoms. The lowest BCUT2D eigenvalue weighted by Gasteiger charge is -2.27. The Morgan fingerprint density at radius 3 is 1.26 bits per heavy atom. The molecule has 0 radical (unpaired) electrons. The summed E-state index contributed by atoms with van der Waals surface area (Å²) in [4.78, 5) is 0. The number of aryl methyl sites for hydroxylation is 2. The molecule has 0 unspecified atom stereocenters. The fraction of sp³-hybridized carbons (Fsp3) is 0.105. The second-order valence-electron chi connectivity index (χ2n) is 23.7. The lowest BCUT2D eigenvalue weighted by atomic mass is 9.83. The van der Waals surface area contributed by atoms with Crippen molar-refractivity contribution in [2.45, 2.75) is 52.1 Å². The van der Waals surface area contributed by atoms with Crippen molar-refractivity contribution < 1.29 is 0 Å². The fourth-order valence-electron chi connectivity index (χ4n) is 13.1. The first-order chi connectivity index (χ1) is 38.0. The number of fused-ring (bicyclic) bond motifs is 8. The highest BCUT2D eigenvalue weighted by molar-refractivity contribution is 6.90. The van der Waals surface area contributed by atoms with Gasteiger partial charge in [-0.25, -0.2) is 0 Å². The molecular weight excluding hydrogens is 969 g/mol. The van der Waals surface area contributed by atoms with Crippen molar-refractivity contribution in [2.24, 2.45) is 0 Å². The van der Waals surface area contributed by atoms with Crippen LogP contribution in [0.15, 0.2) is 243 Å². The van der Waals surface area contributed by atoms with Crippen LogP contribution in [0.1, 0.15) is 11.1 Å². The van der Waals surface area contributed by atoms with Gasteiger partial charge >= 0.3 is 0 Å². The average Bonchev–Trinajstić information content (AvgIpc) is 3.51. The predicted molar refractivity (Wildman–Crippen MR) is 348 cm³/mol. The predicted octanol–water partition coefficient (Wildman–Crippen LogP) is 20.6. The highest BCUT2D eigenvalue weighted by Crippen LogP contribution is 2.49. The van der Waals surface area contributed by atoms with E-state index in [9.17, 15) is 0 Å². The van der Waals surface area contributed by atoms with Crippen LogP contribution in [0.2, 0.25) is 38.8 Å². The summed E-state index contributed by atoms with van der Waals surface area (Å²) in [5, 5.41) is 23.7. The second kappa shape index (κ2) is 18.7. The Balaban J connectivity index is 0.962. The van der Waals surface area contributed by atoms with Crippen molar-refractivity contribution in [3.05, 3.63) is 254 Å². The van der Waals surface area contributed by atoms with Crippen molar-refractivity contribution in [1.82, 2.24) is 0 Å². The van der Waals surface area contributed by atoms with Crippen LogP contribution in [0.4, 0.5) is 0 Å². The molecular formula is C76H62Si2. The van der Waals surface area contributed by atoms with Crippen molar-refractivity contribution in [2.75, 3.05) is 0 Å². The van der Waals surface area contributed by atoms with Crippen LogP contribution in [0, 0.1) is 6.92 Å². The van der Waals surface area contributed by atoms with Gasteiger partial charge in [0.2, 0.25) is 0 Å². The van der Waals surface area contributed by atoms with Gasteiger partial charge < -0.3 is 0 Å². The molecule has 0 saturated carbocycles. The fourth-order valence-corrected chi connectivity index (χ4v) is 16.6. The molecule has 0 amide bonds. The Bertz CT molecular complexity index is 4750. The smallest absolute Gasteiger partial charge is 0.0656 e. The molecule has 0 nitrogen and oxygen atoms in total. The SMILES string of the molecule is Cc1ccc2c(-c3ccc4ccccc4c3)c3cc(CC[Si](C)(C)c4ccc5c(-c6cccc7ccccc67)c6cc([Si](C)(C)C)ccc6c(-c6cccc7ccccc67)c5c4)ccc3c(-c3cccc4ccccc34)c2c1. The zero-order valence-electron chi connectivity index (χ0n) is 45.5. The molecule has 0 N–H and O–H groups in total. The maximum absolute atomic E-state index is 2.64. The molecule has 14 aromatic rings. The van der Waals surface area contributed by atoms with Crippen LogP contribution >= 0.6 is 0 Å². The first kappa shape index (κ1) is 48.0. The maximum atomic E-state index is 2.64. The van der Waals surface area contributed by atoms with E-state index in [0.29, 0.717) is 0 Å². The number of hydrogen-bond donors (Lipinski definition) is 0. The summed E-state index contributed by atoms with van der Waals surface area (Å²) in [6, 6.07) is 94.1. The molecule has 14 aromatic carbocycles. The number of rotatable bonds is 9. The van der Waals surface area contributed by atoms with Gasteiger partial charge in [-0.3, -0.25) is 0 Å². The van der Waals surface area contributed by atoms with E-state index in [4.69, 9.17) is 0 Å². The lowest BCUT2D eigenvalue weighted by molar-refractivity contribution is 1.10. The van der Waals surface area contributed by atoms with E-state index in [1.807, 2.05) is 0 Å². The van der Waals surface area contributed by atoms with Gasteiger partial charge in [0.1, 0.15) is 0 Å². The van der Waals surface area contributed by atoms with E-state index in [1.54, 1.807) is 0 Å². The molecule has 14 rings (SSSR count). The molecule has 0 heterocycles. The molecule has 0 fully saturated rings. The Morgan fingerprint density at radius 2 is 0.705 bits per heavy atom. The molecule has 0 saturated heterocycles. The Kier molecular flexibility index (Phi) is 11.5. The minimum atomic E-state index is -2.11. The third-order valence-corrected chi connectivity index (χ3v) is 22.8. The van der Waals surface area contributed by atoms with Gasteiger partial charge in [-0.1, -0.05) is 285 Å². The number of benzene rings is 14. The second-order valence-corrected chi connectivity index (χ2v) is 33.6. The van der Waals surface area contributed by atoms with Crippen molar-refractivity contribution in [1.29, 1.82) is 0 Å². The first-order valence-electron chi connectivity index (χ1n) is 27.9. The van der Waals surface area contributed by atoms with Gasteiger partial charge in [0.25, 0.3) is 0 Å². The zero-order chi connectivity index (χ0) is 52.9. The standard InChI is InChI=1S/C76H62Si2/c1-49-32-38-65-69(44-49)74(62-29-15-23-52-19-9-12-26-59(52)62)66-39-33-50(45-70(66)73(65)56-35-34-51-18-7-8-22-55(51)46-56)42-43-78(5,6)58-37-41-68-72(48-58)76(64-31-17-25-54-21-11-14-28-61(54)64)67-40-36-57(77(2,3)4)47-71(67)75(68)63-30-16-24-53-20-10-13-27-60(53)63/h7-41,44-48H,42-43H2,1-6H3. The highest BCUT2D eigenvalue weighted by atomic mass is 28.3. The Morgan fingerprint density at radius 1 is 0.282 bits per heavy atom. The number of hydrogen-bond acceptors (Lipinski definition) is 0. The van der Waals surface area contributed by atoms with Crippen LogP contribution < -0.4 is 10.4 Å². The summed E-state index contributed by atoms with van der Waals surface area (Å²) in [6.45, 7) is 14.9. The molecule has 0 aliphatic carbocycles. The molecule has 374 valence electrons. The van der Waals surface area contributed by atoms with Gasteiger partial charge in [0.15, 0.2) is 0 Å². The third-order valence-electron chi connectivity index (χ3n) is 17.4. The van der Waals surface area contributed by atoms with E-state index >= 15 is 0 Å². The van der Waals surface area contributed by atoms with Crippen LogP contribution in [-0.4, -0.2) is 16.1 Å². The summed E-state index contributed by atoms with van der Waals surface area (Å²) in [7, 11) is -3.80. The summed E-state index contributed by atoms with van der Waals surface area (Å²) < 4.78 is 0. The van der Waals surface area contributed by atoms with E-state index in [1.165, 1.54) is 152 Å². The molecule has 78 heavy (non-hydrogen) atoms. The van der Waals surface area contributed by atoms with Gasteiger partial charge in [0, 0.05) is 0 Å². The van der Waals surface area contributed by atoms with E-state index in [0.717, 1.165) is 12.5 Å². The maximum Gasteiger partial charge on any atom is 0.0809 e. The summed E-state index contributed by atoms with van der Waals surface area (Å²) in [5.74, 6) is 0. The van der Waals surface area contributed by atoms with Crippen LogP contribution in [0.5, 0.6) is 0 Å². The van der Waals surface area contributed by atoms with E-state index in [-0.39, 0.29) is 0 Å². The summed E-state index contributed by atoms with van der Waals surface area (Å²) >= 11 is 0. The summed E-state index contributed by atoms with van der Waals surface area (Å²) in [6.07, 6.45) is 0.995. The third kappa shape index (κ3) is 8.08. The lowest BCUT2D eigenvalue weighted by Crippen LogP contribution is -2.41. The quantitative estimate of drug-likeness (QED) is 0.0998. The monoisotopic (exact) mass is 1030 g/mol. The largest absolute Gasteiger partial charge is 0.0809 e. The molecule has 0 atom stereocenters. The van der Waals surface area contributed by atoms with Gasteiger partial charge in [-0.15, -0.1) is 0 Å². The van der Waals surface area contributed by atoms with Crippen LogP contribution in [0.3, 0.4) is 0 Å². The average molecular weight is 1030 g/mol. The van der Waals surface area contributed by atoms with Crippen LogP contribution in [-0.2, 0) is 6.42 Å². The topological polar surface area (TPSA) is 0 Å². The Hall–Kier alpha value is -8.41. The van der Waals surface area contributed by atoms with E-state index in [2.05, 4.69) is 282 Å². The van der Waals surface area contributed by atoms with Gasteiger partial charge in [-0.05, 0) is 162 Å². The summed E-state index contributed by atoms with van der Waals surface area (Å²) in [5.41, 5.74) is 13.1. The van der Waals surface area contributed by atoms with Gasteiger partial charge in [0.05, 0.1) is 16.1 Å². The first-order valence-corrected chi connectivity index (χ1v) is 34.6. The minimum absolute atomic E-state index is 0.995. The molecule has 0 aliphatic heterocycles. The molecule has 0 aliphatic rings. The van der Waals surface area contributed by atoms with Crippen molar-refractivity contribution >= 4 is 113 Å². The van der Waals surface area contributed by atoms with Gasteiger partial charge in [-0.2, -0.15) is 0 Å². The molecule has 2 heteroatoms. The Labute approximate surface area is 460 Å². The molecule has 0 spiro atoms. The van der Waals surface area contributed by atoms with Crippen molar-refractivity contribution in [3.8, 4) is 44.5 Å². The normalized spacial score (nSPS) is 12.3. The highest BCUT2D eigenvalue weighted by Gasteiger charge is 2.28. The zero-order valence-corrected chi connectivity index (χ0v) is 47.5. The van der Waals surface area contributed by atoms with Crippen molar-refractivity contribution in [3.63, 3.8) is 0 Å². The van der Waals surface area contributed by atoms with E-state index < -0.39 is 16.1 Å².